The molecule has 1 unspecified atom stereocenters. The topological polar surface area (TPSA) is 126 Å². The number of esters is 1. The molecule has 0 bridgehead atoms. The molecule has 0 aliphatic carbocycles. The zero-order valence-electron chi connectivity index (χ0n) is 19.0. The Morgan fingerprint density at radius 2 is 2.00 bits per heavy atom. The number of methoxy groups -OCH3 is 1. The molecule has 180 valence electrons. The van der Waals surface area contributed by atoms with Crippen LogP contribution in [0.4, 0.5) is 5.69 Å². The number of thioether (sulfide) groups is 1. The molecule has 3 aromatic rings. The van der Waals surface area contributed by atoms with Crippen LogP contribution in [0.15, 0.2) is 52.7 Å². The maximum Gasteiger partial charge on any atom is 0.337 e. The van der Waals surface area contributed by atoms with Crippen molar-refractivity contribution in [1.29, 1.82) is 0 Å². The van der Waals surface area contributed by atoms with Crippen LogP contribution in [0, 0.1) is 0 Å². The smallest absolute Gasteiger partial charge is 0.337 e. The van der Waals surface area contributed by atoms with Gasteiger partial charge in [-0.2, -0.15) is 0 Å². The van der Waals surface area contributed by atoms with Gasteiger partial charge in [0, 0.05) is 29.4 Å². The first-order valence-electron chi connectivity index (χ1n) is 10.2. The highest BCUT2D eigenvalue weighted by Crippen LogP contribution is 2.29. The third-order valence-electron chi connectivity index (χ3n) is 4.53. The van der Waals surface area contributed by atoms with Crippen molar-refractivity contribution in [2.24, 2.45) is 0 Å². The van der Waals surface area contributed by atoms with Gasteiger partial charge in [-0.1, -0.05) is 18.2 Å². The number of aromatic carboxylic acids is 1. The van der Waals surface area contributed by atoms with E-state index in [-0.39, 0.29) is 18.0 Å². The van der Waals surface area contributed by atoms with Crippen molar-refractivity contribution in [3.8, 4) is 0 Å². The van der Waals surface area contributed by atoms with E-state index in [2.05, 4.69) is 10.3 Å². The van der Waals surface area contributed by atoms with Gasteiger partial charge in [0.05, 0.1) is 35.8 Å². The highest BCUT2D eigenvalue weighted by Gasteiger charge is 2.11. The summed E-state index contributed by atoms with van der Waals surface area (Å²) in [7, 11) is 3.18. The lowest BCUT2D eigenvalue weighted by atomic mass is 10.1. The largest absolute Gasteiger partial charge is 0.478 e. The van der Waals surface area contributed by atoms with E-state index >= 15 is 0 Å². The molecular formula is C24H26N2O6S2. The molecule has 0 aliphatic heterocycles. The van der Waals surface area contributed by atoms with E-state index in [0.717, 1.165) is 15.6 Å². The number of aromatic nitrogens is 1. The molecule has 8 nitrogen and oxygen atoms in total. The van der Waals surface area contributed by atoms with Crippen LogP contribution in [0.1, 0.15) is 50.0 Å². The summed E-state index contributed by atoms with van der Waals surface area (Å²) in [6.07, 6.45) is 0.304. The van der Waals surface area contributed by atoms with Gasteiger partial charge in [-0.15, -0.1) is 23.1 Å². The Balaban J connectivity index is 0.000000287. The predicted molar refractivity (Wildman–Crippen MR) is 133 cm³/mol. The van der Waals surface area contributed by atoms with Crippen LogP contribution in [-0.4, -0.2) is 47.6 Å². The summed E-state index contributed by atoms with van der Waals surface area (Å²) in [5.74, 6) is -0.664. The number of aliphatic hydroxyl groups is 1. The number of nitrogens with zero attached hydrogens (tertiary/aromatic N) is 1. The lowest BCUT2D eigenvalue weighted by Crippen LogP contribution is -2.02. The lowest BCUT2D eigenvalue weighted by molar-refractivity contribution is -0.107. The Morgan fingerprint density at radius 1 is 1.26 bits per heavy atom. The van der Waals surface area contributed by atoms with Gasteiger partial charge in [-0.25, -0.2) is 14.6 Å². The molecule has 3 rings (SSSR count). The first-order valence-corrected chi connectivity index (χ1v) is 12.1. The fourth-order valence-corrected chi connectivity index (χ4v) is 4.68. The molecule has 1 aromatic heterocycles. The maximum absolute atomic E-state index is 11.7. The van der Waals surface area contributed by atoms with Gasteiger partial charge in [0.1, 0.15) is 11.3 Å². The number of nitrogens with one attached hydrogen (secondary N) is 1. The second-order valence-electron chi connectivity index (χ2n) is 6.95. The minimum atomic E-state index is -0.993. The van der Waals surface area contributed by atoms with E-state index in [4.69, 9.17) is 9.84 Å². The first kappa shape index (κ1) is 27.0. The number of carboxylic acid groups (broad SMARTS) is 1. The van der Waals surface area contributed by atoms with Gasteiger partial charge in [-0.3, -0.25) is 0 Å². The van der Waals surface area contributed by atoms with E-state index in [9.17, 15) is 19.5 Å². The highest BCUT2D eigenvalue weighted by atomic mass is 32.2. The van der Waals surface area contributed by atoms with Gasteiger partial charge in [0.15, 0.2) is 0 Å². The number of carbonyl (C=O) groups is 3. The monoisotopic (exact) mass is 502 g/mol. The van der Waals surface area contributed by atoms with Crippen LogP contribution in [0.2, 0.25) is 0 Å². The summed E-state index contributed by atoms with van der Waals surface area (Å²) in [6.45, 7) is 1.70. The number of aldehydes is 1. The minimum Gasteiger partial charge on any atom is -0.478 e. The van der Waals surface area contributed by atoms with Crippen LogP contribution in [-0.2, 0) is 21.7 Å². The fraction of sp³-hybridized carbons (Fsp3) is 0.250. The normalized spacial score (nSPS) is 11.1. The molecule has 0 radical (unpaired) electrons. The van der Waals surface area contributed by atoms with Crippen molar-refractivity contribution >= 4 is 47.0 Å². The van der Waals surface area contributed by atoms with E-state index in [1.807, 2.05) is 11.4 Å². The third-order valence-corrected chi connectivity index (χ3v) is 6.56. The molecule has 1 atom stereocenters. The second kappa shape index (κ2) is 13.5. The maximum atomic E-state index is 11.7. The Bertz CT molecular complexity index is 1130. The highest BCUT2D eigenvalue weighted by molar-refractivity contribution is 7.98. The van der Waals surface area contributed by atoms with Crippen molar-refractivity contribution in [2.75, 3.05) is 19.5 Å². The molecule has 2 aromatic carbocycles. The summed E-state index contributed by atoms with van der Waals surface area (Å²) in [6, 6.07) is 12.0. The molecule has 0 saturated carbocycles. The number of carbonyl (C=O) groups excluding carboxylic acids is 2. The Hall–Kier alpha value is -3.21. The van der Waals surface area contributed by atoms with Gasteiger partial charge in [-0.05, 0) is 36.8 Å². The molecule has 3 N–H and O–H groups in total. The number of thiazole rings is 1. The zero-order chi connectivity index (χ0) is 25.1. The molecular weight excluding hydrogens is 476 g/mol. The second-order valence-corrected chi connectivity index (χ2v) is 8.94. The number of benzene rings is 2. The van der Waals surface area contributed by atoms with Crippen LogP contribution in [0.3, 0.4) is 0 Å². The molecule has 0 saturated heterocycles. The lowest BCUT2D eigenvalue weighted by Gasteiger charge is -2.08. The molecule has 0 amide bonds. The number of hydrogen-bond donors (Lipinski definition) is 3. The third kappa shape index (κ3) is 7.98. The Labute approximate surface area is 206 Å². The van der Waals surface area contributed by atoms with Crippen LogP contribution in [0.25, 0.3) is 0 Å². The van der Waals surface area contributed by atoms with E-state index in [0.29, 0.717) is 28.9 Å². The van der Waals surface area contributed by atoms with Crippen molar-refractivity contribution in [3.05, 3.63) is 75.2 Å². The SMILES string of the molecule is CNc1cc(SCc2nc(C(C)O)cs2)cc(C(=O)OC)c1.O=CCc1ccccc1C(=O)O. The van der Waals surface area contributed by atoms with Crippen LogP contribution in [0.5, 0.6) is 0 Å². The predicted octanol–water partition coefficient (Wildman–Crippen LogP) is 4.44. The summed E-state index contributed by atoms with van der Waals surface area (Å²) in [5, 5.41) is 24.0. The quantitative estimate of drug-likeness (QED) is 0.221. The van der Waals surface area contributed by atoms with E-state index < -0.39 is 12.1 Å². The number of carboxylic acids is 1. The molecule has 10 heteroatoms. The van der Waals surface area contributed by atoms with Crippen molar-refractivity contribution in [1.82, 2.24) is 4.98 Å². The average molecular weight is 503 g/mol. The van der Waals surface area contributed by atoms with Gasteiger partial charge in [0.25, 0.3) is 0 Å². The van der Waals surface area contributed by atoms with E-state index in [1.54, 1.807) is 56.1 Å². The number of aliphatic hydroxyl groups excluding tert-OH is 1. The molecule has 1 heterocycles. The molecule has 34 heavy (non-hydrogen) atoms. The molecule has 0 fully saturated rings. The van der Waals surface area contributed by atoms with Gasteiger partial charge < -0.3 is 25.1 Å². The van der Waals surface area contributed by atoms with Crippen molar-refractivity contribution < 1.29 is 29.3 Å². The Morgan fingerprint density at radius 3 is 2.59 bits per heavy atom. The molecule has 0 aliphatic rings. The first-order chi connectivity index (χ1) is 16.3. The molecule has 0 spiro atoms. The average Bonchev–Trinajstić information content (AvgIpc) is 3.32. The minimum absolute atomic E-state index is 0.155. The number of rotatable bonds is 9. The van der Waals surface area contributed by atoms with Crippen LogP contribution < -0.4 is 5.32 Å². The van der Waals surface area contributed by atoms with Gasteiger partial charge in [0.2, 0.25) is 0 Å². The summed E-state index contributed by atoms with van der Waals surface area (Å²) >= 11 is 3.11. The van der Waals surface area contributed by atoms with Crippen molar-refractivity contribution in [3.63, 3.8) is 0 Å². The zero-order valence-corrected chi connectivity index (χ0v) is 20.6. The van der Waals surface area contributed by atoms with Gasteiger partial charge >= 0.3 is 11.9 Å². The van der Waals surface area contributed by atoms with E-state index in [1.165, 1.54) is 24.5 Å². The number of ether oxygens (including phenoxy) is 1. The van der Waals surface area contributed by atoms with Crippen LogP contribution >= 0.6 is 23.1 Å². The summed E-state index contributed by atoms with van der Waals surface area (Å²) in [5.41, 5.74) is 2.82. The summed E-state index contributed by atoms with van der Waals surface area (Å²) < 4.78 is 4.77. The number of hydrogen-bond acceptors (Lipinski definition) is 9. The Kier molecular flexibility index (Phi) is 10.7. The summed E-state index contributed by atoms with van der Waals surface area (Å²) in [4.78, 5) is 37.8. The van der Waals surface area contributed by atoms with Crippen molar-refractivity contribution in [2.45, 2.75) is 30.1 Å². The fourth-order valence-electron chi connectivity index (χ4n) is 2.79. The number of anilines is 1. The standard InChI is InChI=1S/C15H18N2O3S2.C9H8O3/c1-9(18)13-7-22-14(17-13)8-21-12-5-10(15(19)20-3)4-11(6-12)16-2;10-6-5-7-3-1-2-4-8(7)9(11)12/h4-7,9,16,18H,8H2,1-3H3;1-4,6H,5H2,(H,11,12).